The van der Waals surface area contributed by atoms with Crippen LogP contribution in [0.15, 0.2) is 53.3 Å². The Morgan fingerprint density at radius 3 is 2.56 bits per heavy atom. The molecule has 2 aliphatic rings. The van der Waals surface area contributed by atoms with Gasteiger partial charge in [-0.2, -0.15) is 5.10 Å². The van der Waals surface area contributed by atoms with Crippen molar-refractivity contribution in [1.29, 1.82) is 0 Å². The highest BCUT2D eigenvalue weighted by atomic mass is 79.9. The molecule has 8 heteroatoms. The molecule has 3 aromatic rings. The molecular weight excluding hydrogens is 522 g/mol. The minimum absolute atomic E-state index is 0.174. The topological polar surface area (TPSA) is 65.3 Å². The molecule has 1 spiro atoms. The van der Waals surface area contributed by atoms with Crippen molar-refractivity contribution in [2.75, 3.05) is 19.9 Å². The molecule has 0 unspecified atom stereocenters. The highest BCUT2D eigenvalue weighted by Gasteiger charge is 2.48. The van der Waals surface area contributed by atoms with E-state index in [9.17, 15) is 4.79 Å². The molecule has 0 radical (unpaired) electrons. The van der Waals surface area contributed by atoms with Crippen molar-refractivity contribution >= 4 is 27.5 Å². The van der Waals surface area contributed by atoms with Gasteiger partial charge in [-0.15, -0.1) is 0 Å². The van der Waals surface area contributed by atoms with Crippen LogP contribution in [0, 0.1) is 5.41 Å². The molecule has 0 atom stereocenters. The summed E-state index contributed by atoms with van der Waals surface area (Å²) in [5.41, 5.74) is 3.20. The molecule has 3 heterocycles. The van der Waals surface area contributed by atoms with Gasteiger partial charge in [0.25, 0.3) is 0 Å². The minimum atomic E-state index is -0.453. The predicted molar refractivity (Wildman–Crippen MR) is 141 cm³/mol. The van der Waals surface area contributed by atoms with E-state index in [0.717, 1.165) is 60.1 Å². The third-order valence-corrected chi connectivity index (χ3v) is 7.98. The van der Waals surface area contributed by atoms with Crippen molar-refractivity contribution in [1.82, 2.24) is 14.5 Å². The molecule has 1 aliphatic heterocycles. The van der Waals surface area contributed by atoms with Crippen LogP contribution in [0.1, 0.15) is 63.5 Å². The molecule has 1 saturated heterocycles. The van der Waals surface area contributed by atoms with Gasteiger partial charge in [0.05, 0.1) is 22.8 Å². The quantitative estimate of drug-likeness (QED) is 0.255. The molecule has 1 aromatic carbocycles. The molecule has 0 N–H and O–H groups in total. The third-order valence-electron chi connectivity index (χ3n) is 7.21. The number of carbonyl (C=O) groups excluding carboxylic acids is 1. The first-order valence-electron chi connectivity index (χ1n) is 12.6. The van der Waals surface area contributed by atoms with Crippen LogP contribution in [0.2, 0.25) is 0 Å². The van der Waals surface area contributed by atoms with Gasteiger partial charge in [-0.3, -0.25) is 0 Å². The first kappa shape index (κ1) is 25.1. The summed E-state index contributed by atoms with van der Waals surface area (Å²) in [5, 5.41) is 4.60. The van der Waals surface area contributed by atoms with Crippen molar-refractivity contribution in [2.45, 2.75) is 64.6 Å². The maximum Gasteiger partial charge on any atom is 0.410 e. The van der Waals surface area contributed by atoms with Crippen molar-refractivity contribution in [2.24, 2.45) is 5.41 Å². The predicted octanol–water partition coefficient (Wildman–Crippen LogP) is 6.54. The van der Waals surface area contributed by atoms with E-state index >= 15 is 0 Å². The van der Waals surface area contributed by atoms with E-state index in [1.807, 2.05) is 79.0 Å². The normalized spacial score (nSPS) is 17.8. The first-order chi connectivity index (χ1) is 17.2. The van der Waals surface area contributed by atoms with Crippen LogP contribution < -0.4 is 4.74 Å². The molecule has 1 saturated carbocycles. The second-order valence-corrected chi connectivity index (χ2v) is 11.9. The summed E-state index contributed by atoms with van der Waals surface area (Å²) in [4.78, 5) is 14.2. The van der Waals surface area contributed by atoms with Gasteiger partial charge in [0.2, 0.25) is 0 Å². The molecule has 36 heavy (non-hydrogen) atoms. The smallest absolute Gasteiger partial charge is 0.410 e. The molecule has 0 bridgehead atoms. The van der Waals surface area contributed by atoms with E-state index in [2.05, 4.69) is 21.0 Å². The fourth-order valence-electron chi connectivity index (χ4n) is 5.37. The largest absolute Gasteiger partial charge is 0.466 e. The highest BCUT2D eigenvalue weighted by Crippen LogP contribution is 2.49. The molecule has 192 valence electrons. The third kappa shape index (κ3) is 5.39. The molecule has 1 aliphatic carbocycles. The zero-order valence-electron chi connectivity index (χ0n) is 21.2. The number of fused-ring (bicyclic) bond motifs is 1. The molecule has 7 nitrogen and oxygen atoms in total. The molecule has 2 fully saturated rings. The Balaban J connectivity index is 1.19. The van der Waals surface area contributed by atoms with Crippen LogP contribution in [0.5, 0.6) is 5.75 Å². The summed E-state index contributed by atoms with van der Waals surface area (Å²) in [6.07, 6.45) is 8.12. The van der Waals surface area contributed by atoms with Crippen LogP contribution in [0.3, 0.4) is 0 Å². The number of benzene rings is 1. The monoisotopic (exact) mass is 555 g/mol. The number of likely N-dealkylation sites (tertiary alicyclic amines) is 1. The number of ether oxygens (including phenoxy) is 3. The highest BCUT2D eigenvalue weighted by molar-refractivity contribution is 9.10. The fourth-order valence-corrected chi connectivity index (χ4v) is 6.03. The SMILES string of the molecule is CC(C)(C)OC(=O)N1CC2(CCC(c3cnn4ccc(OCOCc5ccccc5)c(Br)c34)CC2)C1. The number of carbonyl (C=O) groups is 1. The van der Waals surface area contributed by atoms with Crippen LogP contribution in [-0.4, -0.2) is 46.1 Å². The Bertz CT molecular complexity index is 1200. The lowest BCUT2D eigenvalue weighted by atomic mass is 9.65. The Morgan fingerprint density at radius 2 is 1.86 bits per heavy atom. The van der Waals surface area contributed by atoms with Crippen molar-refractivity contribution in [3.05, 3.63) is 64.4 Å². The van der Waals surface area contributed by atoms with Gasteiger partial charge in [0.1, 0.15) is 11.4 Å². The van der Waals surface area contributed by atoms with Crippen LogP contribution in [0.25, 0.3) is 5.52 Å². The number of rotatable bonds is 6. The van der Waals surface area contributed by atoms with E-state index < -0.39 is 5.60 Å². The number of halogens is 1. The second-order valence-electron chi connectivity index (χ2n) is 11.1. The van der Waals surface area contributed by atoms with Gasteiger partial charge in [-0.05, 0) is 79.9 Å². The van der Waals surface area contributed by atoms with Crippen LogP contribution >= 0.6 is 15.9 Å². The van der Waals surface area contributed by atoms with E-state index in [0.29, 0.717) is 12.5 Å². The van der Waals surface area contributed by atoms with E-state index in [-0.39, 0.29) is 18.3 Å². The maximum absolute atomic E-state index is 12.4. The van der Waals surface area contributed by atoms with Gasteiger partial charge in [-0.25, -0.2) is 9.31 Å². The van der Waals surface area contributed by atoms with Gasteiger partial charge < -0.3 is 19.1 Å². The van der Waals surface area contributed by atoms with Crippen molar-refractivity contribution < 1.29 is 19.0 Å². The Labute approximate surface area is 220 Å². The average molecular weight is 557 g/mol. The van der Waals surface area contributed by atoms with Crippen LogP contribution in [0.4, 0.5) is 4.79 Å². The summed E-state index contributed by atoms with van der Waals surface area (Å²) >= 11 is 3.77. The molecule has 1 amide bonds. The lowest BCUT2D eigenvalue weighted by molar-refractivity contribution is -0.0505. The zero-order chi connectivity index (χ0) is 25.3. The summed E-state index contributed by atoms with van der Waals surface area (Å²) in [6.45, 7) is 8.01. The van der Waals surface area contributed by atoms with Gasteiger partial charge >= 0.3 is 6.09 Å². The number of hydrogen-bond donors (Lipinski definition) is 0. The van der Waals surface area contributed by atoms with Gasteiger partial charge in [0, 0.05) is 30.3 Å². The summed E-state index contributed by atoms with van der Waals surface area (Å²) < 4.78 is 20.0. The molecule has 5 rings (SSSR count). The van der Waals surface area contributed by atoms with E-state index in [1.54, 1.807) is 0 Å². The summed E-state index contributed by atoms with van der Waals surface area (Å²) in [5.74, 6) is 1.18. The fraction of sp³-hybridized carbons (Fsp3) is 0.500. The summed E-state index contributed by atoms with van der Waals surface area (Å²) in [7, 11) is 0. The Morgan fingerprint density at radius 1 is 1.14 bits per heavy atom. The zero-order valence-corrected chi connectivity index (χ0v) is 22.8. The second kappa shape index (κ2) is 10.1. The number of aromatic nitrogens is 2. The average Bonchev–Trinajstić information content (AvgIpc) is 3.26. The lowest BCUT2D eigenvalue weighted by Crippen LogP contribution is -2.60. The van der Waals surface area contributed by atoms with Crippen molar-refractivity contribution in [3.8, 4) is 5.75 Å². The van der Waals surface area contributed by atoms with E-state index in [4.69, 9.17) is 14.2 Å². The Kier molecular flexibility index (Phi) is 7.01. The number of amides is 1. The maximum atomic E-state index is 12.4. The Hall–Kier alpha value is -2.58. The molecular formula is C28H34BrN3O4. The van der Waals surface area contributed by atoms with Gasteiger partial charge in [-0.1, -0.05) is 30.3 Å². The minimum Gasteiger partial charge on any atom is -0.466 e. The van der Waals surface area contributed by atoms with Gasteiger partial charge in [0.15, 0.2) is 6.79 Å². The number of pyridine rings is 1. The van der Waals surface area contributed by atoms with Crippen LogP contribution in [-0.2, 0) is 16.1 Å². The lowest BCUT2D eigenvalue weighted by Gasteiger charge is -2.53. The number of nitrogens with zero attached hydrogens (tertiary/aromatic N) is 3. The molecule has 2 aromatic heterocycles. The van der Waals surface area contributed by atoms with Crippen molar-refractivity contribution in [3.63, 3.8) is 0 Å². The first-order valence-corrected chi connectivity index (χ1v) is 13.4. The summed E-state index contributed by atoms with van der Waals surface area (Å²) in [6, 6.07) is 12.0. The standard InChI is InChI=1S/C28H34BrN3O4/c1-27(2,3)36-26(33)31-17-28(18-31)12-9-21(10-13-28)22-15-30-32-14-11-23(24(29)25(22)32)35-19-34-16-20-7-5-4-6-8-20/h4-8,11,14-15,21H,9-10,12-13,16-19H2,1-3H3. The van der Waals surface area contributed by atoms with E-state index in [1.165, 1.54) is 5.56 Å². The number of hydrogen-bond acceptors (Lipinski definition) is 5.